The Morgan fingerprint density at radius 2 is 0.766 bits per heavy atom. The van der Waals surface area contributed by atoms with Gasteiger partial charge >= 0.3 is 0 Å². The molecule has 3 saturated heterocycles. The summed E-state index contributed by atoms with van der Waals surface area (Å²) >= 11 is 0. The normalized spacial score (nSPS) is 17.0. The van der Waals surface area contributed by atoms with E-state index in [-0.39, 0.29) is 0 Å². The molecule has 0 atom stereocenters. The zero-order chi connectivity index (χ0) is 32.2. The first kappa shape index (κ1) is 33.8. The second-order valence-corrected chi connectivity index (χ2v) is 13.9. The molecule has 0 aromatic heterocycles. The molecule has 3 aromatic rings. The van der Waals surface area contributed by atoms with Crippen molar-refractivity contribution in [3.63, 3.8) is 0 Å². The maximum atomic E-state index is 6.61. The van der Waals surface area contributed by atoms with Gasteiger partial charge in [-0.25, -0.2) is 0 Å². The molecule has 47 heavy (non-hydrogen) atoms. The van der Waals surface area contributed by atoms with Crippen molar-refractivity contribution in [2.24, 2.45) is 17.8 Å². The van der Waals surface area contributed by atoms with Gasteiger partial charge in [0, 0.05) is 34.4 Å². The van der Waals surface area contributed by atoms with Gasteiger partial charge in [-0.3, -0.25) is 0 Å². The number of para-hydroxylation sites is 3. The highest BCUT2D eigenvalue weighted by Gasteiger charge is 2.38. The average Bonchev–Trinajstić information content (AvgIpc) is 3.03. The third-order valence-electron chi connectivity index (χ3n) is 10.2. The van der Waals surface area contributed by atoms with Gasteiger partial charge in [-0.1, -0.05) is 54.6 Å². The van der Waals surface area contributed by atoms with Crippen LogP contribution < -0.4 is 14.2 Å². The van der Waals surface area contributed by atoms with Gasteiger partial charge in [0.05, 0.1) is 64.9 Å². The molecule has 6 nitrogen and oxygen atoms in total. The molecule has 3 aliphatic rings. The first-order valence-electron chi connectivity index (χ1n) is 18.1. The fourth-order valence-electron chi connectivity index (χ4n) is 6.96. The van der Waals surface area contributed by atoms with Crippen molar-refractivity contribution in [3.05, 3.63) is 89.5 Å². The maximum Gasteiger partial charge on any atom is 0.123 e. The minimum absolute atomic E-state index is 0.584. The fraction of sp³-hybridized carbons (Fsp3) is 0.561. The van der Waals surface area contributed by atoms with Gasteiger partial charge in [0.1, 0.15) is 17.2 Å². The van der Waals surface area contributed by atoms with Crippen LogP contribution in [0.5, 0.6) is 17.2 Å². The predicted molar refractivity (Wildman–Crippen MR) is 186 cm³/mol. The summed E-state index contributed by atoms with van der Waals surface area (Å²) in [5, 5.41) is 0. The summed E-state index contributed by atoms with van der Waals surface area (Å²) in [4.78, 5) is 0. The highest BCUT2D eigenvalue weighted by molar-refractivity contribution is 5.61. The SMILES string of the molecule is CC(c1ccccc1OCCCCC1COC1)(c1ccccc1OCCCCC1COC1)c1ccccc1OCCCCC1COC1. The Bertz CT molecular complexity index is 1200. The smallest absolute Gasteiger partial charge is 0.123 e. The zero-order valence-electron chi connectivity index (χ0n) is 28.3. The quantitative estimate of drug-likeness (QED) is 0.0857. The Morgan fingerprint density at radius 3 is 1.04 bits per heavy atom. The molecule has 3 fully saturated rings. The van der Waals surface area contributed by atoms with E-state index in [0.717, 1.165) is 130 Å². The van der Waals surface area contributed by atoms with Crippen LogP contribution >= 0.6 is 0 Å². The molecule has 0 bridgehead atoms. The van der Waals surface area contributed by atoms with Crippen LogP contribution in [0.25, 0.3) is 0 Å². The van der Waals surface area contributed by atoms with E-state index < -0.39 is 5.41 Å². The van der Waals surface area contributed by atoms with E-state index in [0.29, 0.717) is 19.8 Å². The van der Waals surface area contributed by atoms with E-state index >= 15 is 0 Å². The standard InChI is InChI=1S/C41H54O6/c1-41(35-17-2-5-20-38(35)45-23-11-8-14-32-26-42-27-32,36-18-3-6-21-39(36)46-24-12-9-15-33-28-43-29-33)37-19-4-7-22-40(37)47-25-13-10-16-34-30-44-31-34/h2-7,17-22,32-34H,8-16,23-31H2,1H3. The topological polar surface area (TPSA) is 55.4 Å². The van der Waals surface area contributed by atoms with Crippen LogP contribution in [0.15, 0.2) is 72.8 Å². The summed E-state index contributed by atoms with van der Waals surface area (Å²) in [7, 11) is 0. The Labute approximate surface area is 282 Å². The molecule has 6 heteroatoms. The predicted octanol–water partition coefficient (Wildman–Crippen LogP) is 8.63. The number of benzene rings is 3. The first-order chi connectivity index (χ1) is 23.2. The van der Waals surface area contributed by atoms with Crippen LogP contribution in [-0.4, -0.2) is 59.5 Å². The second-order valence-electron chi connectivity index (χ2n) is 13.9. The van der Waals surface area contributed by atoms with E-state index in [2.05, 4.69) is 79.7 Å². The lowest BCUT2D eigenvalue weighted by Crippen LogP contribution is -2.28. The van der Waals surface area contributed by atoms with Crippen molar-refractivity contribution in [3.8, 4) is 17.2 Å². The van der Waals surface area contributed by atoms with E-state index in [1.165, 1.54) is 19.3 Å². The molecule has 3 aliphatic heterocycles. The maximum absolute atomic E-state index is 6.61. The third-order valence-corrected chi connectivity index (χ3v) is 10.2. The van der Waals surface area contributed by atoms with Gasteiger partial charge in [0.15, 0.2) is 0 Å². The van der Waals surface area contributed by atoms with Crippen LogP contribution in [0, 0.1) is 17.8 Å². The number of hydrogen-bond donors (Lipinski definition) is 0. The van der Waals surface area contributed by atoms with E-state index in [4.69, 9.17) is 28.4 Å². The molecule has 3 heterocycles. The van der Waals surface area contributed by atoms with Crippen molar-refractivity contribution < 1.29 is 28.4 Å². The molecular formula is C41H54O6. The Morgan fingerprint density at radius 1 is 0.468 bits per heavy atom. The number of hydrogen-bond acceptors (Lipinski definition) is 6. The molecule has 0 spiro atoms. The van der Waals surface area contributed by atoms with Crippen LogP contribution in [0.1, 0.15) is 81.4 Å². The molecule has 254 valence electrons. The first-order valence-corrected chi connectivity index (χ1v) is 18.1. The van der Waals surface area contributed by atoms with Crippen molar-refractivity contribution in [2.75, 3.05) is 59.5 Å². The van der Waals surface area contributed by atoms with Crippen LogP contribution in [0.3, 0.4) is 0 Å². The van der Waals surface area contributed by atoms with E-state index in [1.54, 1.807) is 0 Å². The highest BCUT2D eigenvalue weighted by atomic mass is 16.5. The van der Waals surface area contributed by atoms with Gasteiger partial charge < -0.3 is 28.4 Å². The molecule has 3 aromatic carbocycles. The Kier molecular flexibility index (Phi) is 12.5. The molecule has 6 rings (SSSR count). The van der Waals surface area contributed by atoms with Crippen molar-refractivity contribution in [2.45, 2.75) is 70.1 Å². The van der Waals surface area contributed by atoms with Gasteiger partial charge in [0.25, 0.3) is 0 Å². The lowest BCUT2D eigenvalue weighted by molar-refractivity contribution is -0.0367. The minimum atomic E-state index is -0.584. The summed E-state index contributed by atoms with van der Waals surface area (Å²) in [6.45, 7) is 9.85. The van der Waals surface area contributed by atoms with Crippen molar-refractivity contribution >= 4 is 0 Å². The number of ether oxygens (including phenoxy) is 6. The molecule has 0 N–H and O–H groups in total. The van der Waals surface area contributed by atoms with Gasteiger partial charge in [-0.15, -0.1) is 0 Å². The van der Waals surface area contributed by atoms with Crippen LogP contribution in [0.2, 0.25) is 0 Å². The number of unbranched alkanes of at least 4 members (excludes halogenated alkanes) is 3. The highest BCUT2D eigenvalue weighted by Crippen LogP contribution is 2.49. The average molecular weight is 643 g/mol. The van der Waals surface area contributed by atoms with Gasteiger partial charge in [-0.2, -0.15) is 0 Å². The van der Waals surface area contributed by atoms with Crippen molar-refractivity contribution in [1.29, 1.82) is 0 Å². The van der Waals surface area contributed by atoms with E-state index in [1.807, 2.05) is 0 Å². The lowest BCUT2D eigenvalue weighted by Gasteiger charge is -2.35. The largest absolute Gasteiger partial charge is 0.493 e. The molecule has 0 radical (unpaired) electrons. The monoisotopic (exact) mass is 642 g/mol. The summed E-state index contributed by atoms with van der Waals surface area (Å²) in [6, 6.07) is 25.6. The summed E-state index contributed by atoms with van der Waals surface area (Å²) in [5.41, 5.74) is 2.78. The Balaban J connectivity index is 1.23. The minimum Gasteiger partial charge on any atom is -0.493 e. The molecule has 0 saturated carbocycles. The molecule has 0 unspecified atom stereocenters. The van der Waals surface area contributed by atoms with Crippen molar-refractivity contribution in [1.82, 2.24) is 0 Å². The third kappa shape index (κ3) is 8.90. The lowest BCUT2D eigenvalue weighted by atomic mass is 9.70. The molecule has 0 aliphatic carbocycles. The summed E-state index contributed by atoms with van der Waals surface area (Å²) in [5.74, 6) is 4.90. The van der Waals surface area contributed by atoms with Crippen LogP contribution in [-0.2, 0) is 19.6 Å². The zero-order valence-corrected chi connectivity index (χ0v) is 28.3. The summed E-state index contributed by atoms with van der Waals surface area (Å²) in [6.07, 6.45) is 10.2. The van der Waals surface area contributed by atoms with Gasteiger partial charge in [-0.05, 0) is 82.9 Å². The van der Waals surface area contributed by atoms with Gasteiger partial charge in [0.2, 0.25) is 0 Å². The van der Waals surface area contributed by atoms with E-state index in [9.17, 15) is 0 Å². The number of rotatable bonds is 21. The van der Waals surface area contributed by atoms with Crippen LogP contribution in [0.4, 0.5) is 0 Å². The molecule has 0 amide bonds. The molecular weight excluding hydrogens is 588 g/mol. The second kappa shape index (κ2) is 17.4. The summed E-state index contributed by atoms with van der Waals surface area (Å²) < 4.78 is 35.9. The Hall–Kier alpha value is -3.06. The fourth-order valence-corrected chi connectivity index (χ4v) is 6.96.